The Morgan fingerprint density at radius 3 is 2.62 bits per heavy atom. The van der Waals surface area contributed by atoms with Gasteiger partial charge < -0.3 is 5.84 Å². The average molecular weight is 234 g/mol. The topological polar surface area (TPSA) is 51.3 Å². The van der Waals surface area contributed by atoms with E-state index in [1.807, 2.05) is 12.1 Å². The molecule has 0 atom stereocenters. The normalized spacial score (nSPS) is 11.4. The Labute approximate surface area is 98.9 Å². The van der Waals surface area contributed by atoms with Gasteiger partial charge in [0.25, 0.3) is 0 Å². The number of rotatable bonds is 1. The number of hydrogen-bond acceptors (Lipinski definition) is 3. The summed E-state index contributed by atoms with van der Waals surface area (Å²) in [5.41, 5.74) is 4.06. The van der Waals surface area contributed by atoms with Crippen molar-refractivity contribution in [1.29, 1.82) is 0 Å². The molecule has 0 saturated heterocycles. The number of hydrogen-bond donors (Lipinski definition) is 1. The number of nitrogens with zero attached hydrogens (tertiary/aromatic N) is 2. The molecule has 0 unspecified atom stereocenters. The van der Waals surface area contributed by atoms with Gasteiger partial charge in [-0.25, -0.2) is 4.98 Å². The molecule has 0 bridgehead atoms. The molecule has 2 rings (SSSR count). The summed E-state index contributed by atoms with van der Waals surface area (Å²) in [5.74, 6) is 5.11. The van der Waals surface area contributed by atoms with Gasteiger partial charge in [-0.1, -0.05) is 11.6 Å². The monoisotopic (exact) mass is 233 g/mol. The van der Waals surface area contributed by atoms with E-state index in [4.69, 9.17) is 17.4 Å². The SMILES string of the molecule is Cc1cc2cc(C=NN)c(Cl)nc2cc1C. The largest absolute Gasteiger partial charge is 0.323 e. The number of fused-ring (bicyclic) bond motifs is 1. The molecular weight excluding hydrogens is 222 g/mol. The molecule has 0 aliphatic heterocycles. The summed E-state index contributed by atoms with van der Waals surface area (Å²) in [6, 6.07) is 6.05. The van der Waals surface area contributed by atoms with Gasteiger partial charge in [0, 0.05) is 10.9 Å². The van der Waals surface area contributed by atoms with Crippen molar-refractivity contribution in [2.24, 2.45) is 10.9 Å². The van der Waals surface area contributed by atoms with Gasteiger partial charge in [-0.15, -0.1) is 0 Å². The first-order valence-electron chi connectivity index (χ1n) is 4.92. The van der Waals surface area contributed by atoms with E-state index in [2.05, 4.69) is 30.0 Å². The molecule has 1 heterocycles. The van der Waals surface area contributed by atoms with Crippen LogP contribution in [0, 0.1) is 13.8 Å². The van der Waals surface area contributed by atoms with Crippen molar-refractivity contribution in [3.8, 4) is 0 Å². The van der Waals surface area contributed by atoms with Crippen molar-refractivity contribution >= 4 is 28.7 Å². The Morgan fingerprint density at radius 1 is 1.25 bits per heavy atom. The third-order valence-corrected chi connectivity index (χ3v) is 2.93. The summed E-state index contributed by atoms with van der Waals surface area (Å²) in [7, 11) is 0. The number of halogens is 1. The van der Waals surface area contributed by atoms with Crippen molar-refractivity contribution in [1.82, 2.24) is 4.98 Å². The van der Waals surface area contributed by atoms with Gasteiger partial charge in [0.2, 0.25) is 0 Å². The summed E-state index contributed by atoms with van der Waals surface area (Å²) in [6.07, 6.45) is 1.50. The number of hydrazone groups is 1. The van der Waals surface area contributed by atoms with Crippen LogP contribution in [0.3, 0.4) is 0 Å². The van der Waals surface area contributed by atoms with Crippen LogP contribution in [0.4, 0.5) is 0 Å². The molecule has 0 amide bonds. The molecule has 0 aliphatic rings. The first kappa shape index (κ1) is 10.9. The van der Waals surface area contributed by atoms with Crippen LogP contribution >= 0.6 is 11.6 Å². The highest BCUT2D eigenvalue weighted by Gasteiger charge is 2.04. The van der Waals surface area contributed by atoms with E-state index in [0.717, 1.165) is 16.5 Å². The lowest BCUT2D eigenvalue weighted by Crippen LogP contribution is -1.92. The van der Waals surface area contributed by atoms with Crippen LogP contribution in [0.5, 0.6) is 0 Å². The lowest BCUT2D eigenvalue weighted by Gasteiger charge is -2.05. The molecule has 2 aromatic rings. The zero-order valence-corrected chi connectivity index (χ0v) is 9.92. The van der Waals surface area contributed by atoms with Gasteiger partial charge in [-0.05, 0) is 43.2 Å². The summed E-state index contributed by atoms with van der Waals surface area (Å²) in [6.45, 7) is 4.12. The van der Waals surface area contributed by atoms with Crippen molar-refractivity contribution in [2.75, 3.05) is 0 Å². The van der Waals surface area contributed by atoms with E-state index >= 15 is 0 Å². The molecule has 0 aliphatic carbocycles. The second-order valence-electron chi connectivity index (χ2n) is 3.78. The third-order valence-electron chi connectivity index (χ3n) is 2.62. The Kier molecular flexibility index (Phi) is 2.79. The first-order valence-corrected chi connectivity index (χ1v) is 5.30. The third kappa shape index (κ3) is 1.86. The summed E-state index contributed by atoms with van der Waals surface area (Å²) < 4.78 is 0. The number of aryl methyl sites for hydroxylation is 2. The number of nitrogens with two attached hydrogens (primary N) is 1. The van der Waals surface area contributed by atoms with Crippen LogP contribution < -0.4 is 5.84 Å². The zero-order valence-electron chi connectivity index (χ0n) is 9.16. The van der Waals surface area contributed by atoms with Crippen molar-refractivity contribution in [2.45, 2.75) is 13.8 Å². The van der Waals surface area contributed by atoms with Crippen LogP contribution in [0.1, 0.15) is 16.7 Å². The Morgan fingerprint density at radius 2 is 1.94 bits per heavy atom. The minimum Gasteiger partial charge on any atom is -0.323 e. The molecule has 82 valence electrons. The molecular formula is C12H12ClN3. The Balaban J connectivity index is 2.74. The highest BCUT2D eigenvalue weighted by atomic mass is 35.5. The second-order valence-corrected chi connectivity index (χ2v) is 4.13. The maximum absolute atomic E-state index is 6.02. The second kappa shape index (κ2) is 4.10. The standard InChI is InChI=1S/C12H12ClN3/c1-7-3-9-5-10(6-15-14)12(13)16-11(9)4-8(7)2/h3-6H,14H2,1-2H3. The quantitative estimate of drug-likeness (QED) is 0.356. The molecule has 0 saturated carbocycles. The fourth-order valence-corrected chi connectivity index (χ4v) is 1.80. The van der Waals surface area contributed by atoms with Gasteiger partial charge in [0.15, 0.2) is 0 Å². The minimum absolute atomic E-state index is 0.421. The first-order chi connectivity index (χ1) is 7.61. The van der Waals surface area contributed by atoms with Crippen molar-refractivity contribution in [3.05, 3.63) is 40.0 Å². The fraction of sp³-hybridized carbons (Fsp3) is 0.167. The van der Waals surface area contributed by atoms with Gasteiger partial charge in [0.1, 0.15) is 5.15 Å². The lowest BCUT2D eigenvalue weighted by molar-refractivity contribution is 1.26. The molecule has 0 spiro atoms. The van der Waals surface area contributed by atoms with Gasteiger partial charge in [0.05, 0.1) is 11.7 Å². The molecule has 1 aromatic carbocycles. The van der Waals surface area contributed by atoms with E-state index < -0.39 is 0 Å². The number of pyridine rings is 1. The van der Waals surface area contributed by atoms with E-state index in [1.165, 1.54) is 17.3 Å². The molecule has 1 aromatic heterocycles. The fourth-order valence-electron chi connectivity index (χ4n) is 1.60. The summed E-state index contributed by atoms with van der Waals surface area (Å²) in [4.78, 5) is 4.31. The Bertz CT molecular complexity index is 576. The molecule has 2 N–H and O–H groups in total. The van der Waals surface area contributed by atoms with Crippen LogP contribution in [0.25, 0.3) is 10.9 Å². The molecule has 16 heavy (non-hydrogen) atoms. The van der Waals surface area contributed by atoms with E-state index in [0.29, 0.717) is 5.15 Å². The molecule has 4 heteroatoms. The predicted octanol–water partition coefficient (Wildman–Crippen LogP) is 2.80. The molecule has 0 fully saturated rings. The van der Waals surface area contributed by atoms with Crippen molar-refractivity contribution < 1.29 is 0 Å². The number of aromatic nitrogens is 1. The zero-order chi connectivity index (χ0) is 11.7. The van der Waals surface area contributed by atoms with Gasteiger partial charge in [-0.3, -0.25) is 0 Å². The highest BCUT2D eigenvalue weighted by Crippen LogP contribution is 2.22. The molecule has 0 radical (unpaired) electrons. The van der Waals surface area contributed by atoms with Crippen LogP contribution in [-0.2, 0) is 0 Å². The van der Waals surface area contributed by atoms with Crippen LogP contribution in [0.15, 0.2) is 23.3 Å². The van der Waals surface area contributed by atoms with Crippen molar-refractivity contribution in [3.63, 3.8) is 0 Å². The average Bonchev–Trinajstić information content (AvgIpc) is 2.23. The smallest absolute Gasteiger partial charge is 0.138 e. The lowest BCUT2D eigenvalue weighted by atomic mass is 10.1. The van der Waals surface area contributed by atoms with Crippen LogP contribution in [0.2, 0.25) is 5.15 Å². The van der Waals surface area contributed by atoms with E-state index in [-0.39, 0.29) is 0 Å². The van der Waals surface area contributed by atoms with E-state index in [9.17, 15) is 0 Å². The maximum atomic E-state index is 6.02. The summed E-state index contributed by atoms with van der Waals surface area (Å²) >= 11 is 6.02. The van der Waals surface area contributed by atoms with Gasteiger partial charge in [-0.2, -0.15) is 5.10 Å². The maximum Gasteiger partial charge on any atom is 0.138 e. The molecule has 3 nitrogen and oxygen atoms in total. The summed E-state index contributed by atoms with van der Waals surface area (Å²) in [5, 5.41) is 4.93. The van der Waals surface area contributed by atoms with Crippen LogP contribution in [-0.4, -0.2) is 11.2 Å². The van der Waals surface area contributed by atoms with Gasteiger partial charge >= 0.3 is 0 Å². The minimum atomic E-state index is 0.421. The highest BCUT2D eigenvalue weighted by molar-refractivity contribution is 6.32. The number of benzene rings is 1. The predicted molar refractivity (Wildman–Crippen MR) is 68.0 cm³/mol. The van der Waals surface area contributed by atoms with E-state index in [1.54, 1.807) is 0 Å². The Hall–Kier alpha value is -1.61.